The van der Waals surface area contributed by atoms with Crippen LogP contribution < -0.4 is 5.32 Å². The SMILES string of the molecule is CC(C)(C)OC(=O)NCC(=S)N1C[C@@H](O)C[C@H]1C(=O)O. The summed E-state index contributed by atoms with van der Waals surface area (Å²) in [5, 5.41) is 21.0. The lowest BCUT2D eigenvalue weighted by atomic mass is 10.2. The standard InChI is InChI=1S/C12H20N2O5S/c1-12(2,3)19-11(18)13-5-9(20)14-6-7(15)4-8(14)10(16)17/h7-8,15H,4-6H2,1-3H3,(H,13,18)(H,16,17)/t7-,8-/m0/s1. The van der Waals surface area contributed by atoms with Crippen LogP contribution in [-0.2, 0) is 9.53 Å². The van der Waals surface area contributed by atoms with Crippen LogP contribution in [0.15, 0.2) is 0 Å². The lowest BCUT2D eigenvalue weighted by molar-refractivity contribution is -0.141. The van der Waals surface area contributed by atoms with Crippen LogP contribution in [0.25, 0.3) is 0 Å². The fourth-order valence-electron chi connectivity index (χ4n) is 1.89. The van der Waals surface area contributed by atoms with Crippen molar-refractivity contribution in [3.63, 3.8) is 0 Å². The predicted octanol–water partition coefficient (Wildman–Crippen LogP) is 0.358. The number of hydrogen-bond donors (Lipinski definition) is 3. The van der Waals surface area contributed by atoms with Crippen molar-refractivity contribution in [1.82, 2.24) is 10.2 Å². The Labute approximate surface area is 122 Å². The van der Waals surface area contributed by atoms with Gasteiger partial charge in [-0.05, 0) is 20.8 Å². The number of carboxylic acid groups (broad SMARTS) is 1. The minimum absolute atomic E-state index is 0.000741. The second-order valence-corrected chi connectivity index (χ2v) is 6.12. The Kier molecular flexibility index (Phi) is 5.29. The first kappa shape index (κ1) is 16.6. The Morgan fingerprint density at radius 2 is 2.05 bits per heavy atom. The molecule has 1 saturated heterocycles. The first-order valence-corrected chi connectivity index (χ1v) is 6.68. The maximum Gasteiger partial charge on any atom is 0.408 e. The molecule has 1 heterocycles. The van der Waals surface area contributed by atoms with Crippen molar-refractivity contribution < 1.29 is 24.5 Å². The largest absolute Gasteiger partial charge is 0.480 e. The molecular weight excluding hydrogens is 284 g/mol. The number of hydrogen-bond acceptors (Lipinski definition) is 5. The van der Waals surface area contributed by atoms with Crippen LogP contribution in [0.3, 0.4) is 0 Å². The maximum absolute atomic E-state index is 11.5. The highest BCUT2D eigenvalue weighted by Crippen LogP contribution is 2.18. The summed E-state index contributed by atoms with van der Waals surface area (Å²) in [6.07, 6.45) is -1.22. The highest BCUT2D eigenvalue weighted by Gasteiger charge is 2.37. The van der Waals surface area contributed by atoms with Crippen LogP contribution in [0.2, 0.25) is 0 Å². The van der Waals surface area contributed by atoms with Gasteiger partial charge >= 0.3 is 12.1 Å². The van der Waals surface area contributed by atoms with Crippen LogP contribution in [0.1, 0.15) is 27.2 Å². The summed E-state index contributed by atoms with van der Waals surface area (Å²) in [4.78, 5) is 24.2. The van der Waals surface area contributed by atoms with Gasteiger partial charge in [0, 0.05) is 13.0 Å². The van der Waals surface area contributed by atoms with Gasteiger partial charge in [-0.25, -0.2) is 9.59 Å². The summed E-state index contributed by atoms with van der Waals surface area (Å²) < 4.78 is 5.05. The molecule has 20 heavy (non-hydrogen) atoms. The molecule has 1 aliphatic rings. The van der Waals surface area contributed by atoms with Crippen LogP contribution in [-0.4, -0.2) is 63.0 Å². The summed E-state index contributed by atoms with van der Waals surface area (Å²) in [5.41, 5.74) is -0.612. The summed E-state index contributed by atoms with van der Waals surface area (Å²) in [6, 6.07) is -0.849. The number of rotatable bonds is 3. The molecule has 1 aliphatic heterocycles. The molecule has 0 unspecified atom stereocenters. The summed E-state index contributed by atoms with van der Waals surface area (Å²) in [7, 11) is 0. The Morgan fingerprint density at radius 1 is 1.45 bits per heavy atom. The normalized spacial score (nSPS) is 22.5. The minimum atomic E-state index is -1.04. The third kappa shape index (κ3) is 4.93. The number of alkyl carbamates (subject to hydrolysis) is 1. The molecule has 2 atom stereocenters. The zero-order valence-electron chi connectivity index (χ0n) is 11.8. The highest BCUT2D eigenvalue weighted by atomic mass is 32.1. The van der Waals surface area contributed by atoms with Crippen LogP contribution >= 0.6 is 12.2 Å². The van der Waals surface area contributed by atoms with E-state index in [1.165, 1.54) is 4.90 Å². The van der Waals surface area contributed by atoms with Crippen molar-refractivity contribution in [3.05, 3.63) is 0 Å². The van der Waals surface area contributed by atoms with Crippen molar-refractivity contribution >= 4 is 29.3 Å². The lowest BCUT2D eigenvalue weighted by Crippen LogP contribution is -2.45. The number of carboxylic acids is 1. The van der Waals surface area contributed by atoms with E-state index in [1.54, 1.807) is 20.8 Å². The molecule has 114 valence electrons. The first-order chi connectivity index (χ1) is 9.10. The van der Waals surface area contributed by atoms with Crippen molar-refractivity contribution in [2.75, 3.05) is 13.1 Å². The number of β-amino-alcohol motifs (C(OH)–C–C–N with tert-alkyl or cyclic N) is 1. The number of aliphatic hydroxyl groups excluding tert-OH is 1. The number of thiocarbonyl (C=S) groups is 1. The quantitative estimate of drug-likeness (QED) is 0.647. The molecule has 0 spiro atoms. The second-order valence-electron chi connectivity index (χ2n) is 5.65. The topological polar surface area (TPSA) is 99.1 Å². The minimum Gasteiger partial charge on any atom is -0.480 e. The Balaban J connectivity index is 2.50. The van der Waals surface area contributed by atoms with E-state index in [0.717, 1.165) is 0 Å². The van der Waals surface area contributed by atoms with Gasteiger partial charge in [0.15, 0.2) is 0 Å². The Hall–Kier alpha value is -1.41. The zero-order valence-corrected chi connectivity index (χ0v) is 12.6. The molecule has 0 aromatic heterocycles. The zero-order chi connectivity index (χ0) is 15.5. The average Bonchev–Trinajstić information content (AvgIpc) is 2.66. The third-order valence-electron chi connectivity index (χ3n) is 2.67. The lowest BCUT2D eigenvalue weighted by Gasteiger charge is -2.25. The van der Waals surface area contributed by atoms with Crippen molar-refractivity contribution in [3.8, 4) is 0 Å². The van der Waals surface area contributed by atoms with E-state index < -0.39 is 29.8 Å². The fourth-order valence-corrected chi connectivity index (χ4v) is 2.16. The molecule has 8 heteroatoms. The smallest absolute Gasteiger partial charge is 0.408 e. The van der Waals surface area contributed by atoms with Crippen LogP contribution in [0, 0.1) is 0 Å². The molecular formula is C12H20N2O5S. The maximum atomic E-state index is 11.5. The number of aliphatic hydroxyl groups is 1. The number of amides is 1. The van der Waals surface area contributed by atoms with E-state index in [9.17, 15) is 14.7 Å². The number of nitrogens with one attached hydrogen (secondary N) is 1. The summed E-state index contributed by atoms with van der Waals surface area (Å²) >= 11 is 5.10. The molecule has 1 rings (SSSR count). The number of aliphatic carboxylic acids is 1. The average molecular weight is 304 g/mol. The van der Waals surface area contributed by atoms with Gasteiger partial charge in [-0.15, -0.1) is 0 Å². The molecule has 7 nitrogen and oxygen atoms in total. The number of ether oxygens (including phenoxy) is 1. The first-order valence-electron chi connectivity index (χ1n) is 6.27. The van der Waals surface area contributed by atoms with Crippen molar-refractivity contribution in [2.45, 2.75) is 44.9 Å². The molecule has 0 aromatic carbocycles. The van der Waals surface area contributed by atoms with Crippen molar-refractivity contribution in [1.29, 1.82) is 0 Å². The van der Waals surface area contributed by atoms with Crippen LogP contribution in [0.4, 0.5) is 4.79 Å². The molecule has 0 radical (unpaired) electrons. The van der Waals surface area contributed by atoms with Gasteiger partial charge in [-0.1, -0.05) is 12.2 Å². The van der Waals surface area contributed by atoms with Gasteiger partial charge in [0.05, 0.1) is 17.6 Å². The van der Waals surface area contributed by atoms with Crippen molar-refractivity contribution in [2.24, 2.45) is 0 Å². The summed E-state index contributed by atoms with van der Waals surface area (Å²) in [6.45, 7) is 5.37. The molecule has 1 amide bonds. The predicted molar refractivity (Wildman–Crippen MR) is 75.6 cm³/mol. The van der Waals surface area contributed by atoms with Gasteiger partial charge in [-0.2, -0.15) is 0 Å². The van der Waals surface area contributed by atoms with E-state index in [4.69, 9.17) is 22.1 Å². The molecule has 0 aliphatic carbocycles. The Morgan fingerprint density at radius 3 is 2.55 bits per heavy atom. The van der Waals surface area contributed by atoms with Gasteiger partial charge in [0.25, 0.3) is 0 Å². The van der Waals surface area contributed by atoms with Gasteiger partial charge in [-0.3, -0.25) is 0 Å². The second kappa shape index (κ2) is 6.36. The fraction of sp³-hybridized carbons (Fsp3) is 0.750. The third-order valence-corrected chi connectivity index (χ3v) is 3.05. The molecule has 0 bridgehead atoms. The van der Waals surface area contributed by atoms with E-state index in [2.05, 4.69) is 5.32 Å². The number of carbonyl (C=O) groups excluding carboxylic acids is 1. The molecule has 1 fully saturated rings. The Bertz CT molecular complexity index is 407. The molecule has 0 aromatic rings. The van der Waals surface area contributed by atoms with Crippen LogP contribution in [0.5, 0.6) is 0 Å². The van der Waals surface area contributed by atoms with E-state index in [0.29, 0.717) is 0 Å². The van der Waals surface area contributed by atoms with Gasteiger partial charge in [0.2, 0.25) is 0 Å². The number of carbonyl (C=O) groups is 2. The van der Waals surface area contributed by atoms with Gasteiger partial charge in [0.1, 0.15) is 11.6 Å². The summed E-state index contributed by atoms with van der Waals surface area (Å²) in [5.74, 6) is -1.04. The number of nitrogens with zero attached hydrogens (tertiary/aromatic N) is 1. The number of likely N-dealkylation sites (tertiary alicyclic amines) is 1. The van der Waals surface area contributed by atoms with Gasteiger partial charge < -0.3 is 25.2 Å². The highest BCUT2D eigenvalue weighted by molar-refractivity contribution is 7.80. The molecule has 3 N–H and O–H groups in total. The van der Waals surface area contributed by atoms with E-state index in [1.807, 2.05) is 0 Å². The van der Waals surface area contributed by atoms with E-state index in [-0.39, 0.29) is 24.5 Å². The molecule has 0 saturated carbocycles. The monoisotopic (exact) mass is 304 g/mol. The van der Waals surface area contributed by atoms with E-state index >= 15 is 0 Å².